The minimum Gasteiger partial charge on any atom is -0.468 e. The molecule has 2 rings (SSSR count). The zero-order chi connectivity index (χ0) is 9.10. The maximum atomic E-state index is 5.97. The Kier molecular flexibility index (Phi) is 2.66. The average Bonchev–Trinajstić information content (AvgIpc) is 2.74. The summed E-state index contributed by atoms with van der Waals surface area (Å²) in [7, 11) is 0. The molecule has 0 radical (unpaired) electrons. The molecule has 0 spiro atoms. The van der Waals surface area contributed by atoms with Gasteiger partial charge in [0.2, 0.25) is 0 Å². The Bertz CT molecular complexity index is 239. The summed E-state index contributed by atoms with van der Waals surface area (Å²) in [6, 6.07) is 3.84. The number of hydrogen-bond acceptors (Lipinski definition) is 3. The molecule has 0 bridgehead atoms. The molecule has 0 aromatic carbocycles. The van der Waals surface area contributed by atoms with Crippen LogP contribution in [0.1, 0.15) is 24.6 Å². The zero-order valence-corrected chi connectivity index (χ0v) is 7.61. The maximum Gasteiger partial charge on any atom is 0.120 e. The summed E-state index contributed by atoms with van der Waals surface area (Å²) in [6.45, 7) is 1.74. The van der Waals surface area contributed by atoms with Crippen molar-refractivity contribution in [3.63, 3.8) is 0 Å². The molecule has 2 atom stereocenters. The molecule has 1 aromatic heterocycles. The average molecular weight is 181 g/mol. The van der Waals surface area contributed by atoms with Crippen LogP contribution >= 0.6 is 0 Å². The van der Waals surface area contributed by atoms with Gasteiger partial charge in [-0.3, -0.25) is 0 Å². The third-order valence-electron chi connectivity index (χ3n) is 2.52. The summed E-state index contributed by atoms with van der Waals surface area (Å²) < 4.78 is 10.5. The molecular weight excluding hydrogens is 166 g/mol. The second-order valence-corrected chi connectivity index (χ2v) is 3.59. The molecule has 0 amide bonds. The highest BCUT2D eigenvalue weighted by Crippen LogP contribution is 2.24. The summed E-state index contributed by atoms with van der Waals surface area (Å²) in [5, 5.41) is 0. The van der Waals surface area contributed by atoms with Crippen LogP contribution in [0.2, 0.25) is 0 Å². The van der Waals surface area contributed by atoms with Crippen LogP contribution < -0.4 is 5.73 Å². The van der Waals surface area contributed by atoms with Gasteiger partial charge in [0.25, 0.3) is 0 Å². The third kappa shape index (κ3) is 2.11. The summed E-state index contributed by atoms with van der Waals surface area (Å²) in [6.07, 6.45) is 3.77. The maximum absolute atomic E-state index is 5.97. The lowest BCUT2D eigenvalue weighted by atomic mass is 9.98. The van der Waals surface area contributed by atoms with Crippen molar-refractivity contribution in [1.29, 1.82) is 0 Å². The Morgan fingerprint density at radius 1 is 1.62 bits per heavy atom. The third-order valence-corrected chi connectivity index (χ3v) is 2.52. The van der Waals surface area contributed by atoms with Crippen LogP contribution in [-0.4, -0.2) is 13.2 Å². The van der Waals surface area contributed by atoms with E-state index in [1.807, 2.05) is 12.1 Å². The van der Waals surface area contributed by atoms with E-state index in [-0.39, 0.29) is 6.04 Å². The predicted octanol–water partition coefficient (Wildman–Crippen LogP) is 1.71. The molecule has 1 aliphatic heterocycles. The first-order valence-electron chi connectivity index (χ1n) is 4.73. The van der Waals surface area contributed by atoms with Crippen LogP contribution in [0.5, 0.6) is 0 Å². The number of rotatable bonds is 3. The van der Waals surface area contributed by atoms with Crippen molar-refractivity contribution in [1.82, 2.24) is 0 Å². The molecule has 3 nitrogen and oxygen atoms in total. The zero-order valence-electron chi connectivity index (χ0n) is 7.61. The van der Waals surface area contributed by atoms with Crippen molar-refractivity contribution in [2.75, 3.05) is 13.2 Å². The molecular formula is C10H15NO2. The molecule has 1 fully saturated rings. The van der Waals surface area contributed by atoms with Crippen molar-refractivity contribution in [2.45, 2.75) is 18.9 Å². The van der Waals surface area contributed by atoms with Gasteiger partial charge in [0, 0.05) is 13.2 Å². The van der Waals surface area contributed by atoms with Crippen LogP contribution in [0, 0.1) is 5.92 Å². The van der Waals surface area contributed by atoms with Crippen LogP contribution in [-0.2, 0) is 4.74 Å². The Hall–Kier alpha value is -0.800. The summed E-state index contributed by atoms with van der Waals surface area (Å²) in [5.41, 5.74) is 5.97. The molecule has 1 aromatic rings. The van der Waals surface area contributed by atoms with E-state index in [2.05, 4.69) is 0 Å². The van der Waals surface area contributed by atoms with Gasteiger partial charge in [-0.2, -0.15) is 0 Å². The van der Waals surface area contributed by atoms with Crippen LogP contribution in [0.4, 0.5) is 0 Å². The summed E-state index contributed by atoms with van der Waals surface area (Å²) in [5.74, 6) is 1.49. The molecule has 0 saturated carbocycles. The molecule has 2 unspecified atom stereocenters. The minimum absolute atomic E-state index is 0.0294. The van der Waals surface area contributed by atoms with E-state index in [1.54, 1.807) is 6.26 Å². The molecule has 1 saturated heterocycles. The molecule has 2 N–H and O–H groups in total. The summed E-state index contributed by atoms with van der Waals surface area (Å²) in [4.78, 5) is 0. The van der Waals surface area contributed by atoms with Gasteiger partial charge in [-0.1, -0.05) is 0 Å². The largest absolute Gasteiger partial charge is 0.468 e. The first kappa shape index (κ1) is 8.78. The number of furan rings is 1. The quantitative estimate of drug-likeness (QED) is 0.772. The van der Waals surface area contributed by atoms with E-state index in [1.165, 1.54) is 0 Å². The fourth-order valence-corrected chi connectivity index (χ4v) is 1.75. The first-order valence-corrected chi connectivity index (χ1v) is 4.73. The standard InChI is InChI=1S/C10H15NO2/c11-9(10-2-1-4-13-10)6-8-3-5-12-7-8/h1-2,4,8-9H,3,5-7,11H2. The van der Waals surface area contributed by atoms with E-state index in [4.69, 9.17) is 14.9 Å². The monoisotopic (exact) mass is 181 g/mol. The fraction of sp³-hybridized carbons (Fsp3) is 0.600. The summed E-state index contributed by atoms with van der Waals surface area (Å²) >= 11 is 0. The van der Waals surface area contributed by atoms with Gasteiger partial charge in [0.15, 0.2) is 0 Å². The number of nitrogens with two attached hydrogens (primary N) is 1. The Morgan fingerprint density at radius 3 is 3.15 bits per heavy atom. The SMILES string of the molecule is NC(CC1CCOC1)c1ccco1. The smallest absolute Gasteiger partial charge is 0.120 e. The lowest BCUT2D eigenvalue weighted by molar-refractivity contribution is 0.182. The van der Waals surface area contributed by atoms with Gasteiger partial charge in [-0.25, -0.2) is 0 Å². The highest BCUT2D eigenvalue weighted by atomic mass is 16.5. The van der Waals surface area contributed by atoms with Crippen molar-refractivity contribution < 1.29 is 9.15 Å². The van der Waals surface area contributed by atoms with E-state index in [9.17, 15) is 0 Å². The van der Waals surface area contributed by atoms with Gasteiger partial charge in [0.05, 0.1) is 12.3 Å². The molecule has 0 aliphatic carbocycles. The molecule has 13 heavy (non-hydrogen) atoms. The second kappa shape index (κ2) is 3.94. The van der Waals surface area contributed by atoms with E-state index in [0.29, 0.717) is 5.92 Å². The number of hydrogen-bond donors (Lipinski definition) is 1. The molecule has 1 aliphatic rings. The topological polar surface area (TPSA) is 48.4 Å². The normalized spacial score (nSPS) is 24.8. The van der Waals surface area contributed by atoms with Crippen LogP contribution in [0.3, 0.4) is 0 Å². The van der Waals surface area contributed by atoms with Crippen molar-refractivity contribution >= 4 is 0 Å². The van der Waals surface area contributed by atoms with Gasteiger partial charge >= 0.3 is 0 Å². The second-order valence-electron chi connectivity index (χ2n) is 3.59. The Labute approximate surface area is 77.9 Å². The molecule has 72 valence electrons. The van der Waals surface area contributed by atoms with Crippen molar-refractivity contribution in [2.24, 2.45) is 11.7 Å². The Morgan fingerprint density at radius 2 is 2.54 bits per heavy atom. The first-order chi connectivity index (χ1) is 6.36. The minimum atomic E-state index is 0.0294. The number of ether oxygens (including phenoxy) is 1. The lowest BCUT2D eigenvalue weighted by Gasteiger charge is -2.12. The lowest BCUT2D eigenvalue weighted by Crippen LogP contribution is -2.14. The highest BCUT2D eigenvalue weighted by molar-refractivity contribution is 5.03. The van der Waals surface area contributed by atoms with Gasteiger partial charge in [-0.15, -0.1) is 0 Å². The van der Waals surface area contributed by atoms with E-state index < -0.39 is 0 Å². The predicted molar refractivity (Wildman–Crippen MR) is 49.2 cm³/mol. The van der Waals surface area contributed by atoms with Gasteiger partial charge in [-0.05, 0) is 30.9 Å². The van der Waals surface area contributed by atoms with Gasteiger partial charge in [0.1, 0.15) is 5.76 Å². The van der Waals surface area contributed by atoms with Crippen molar-refractivity contribution in [3.05, 3.63) is 24.2 Å². The van der Waals surface area contributed by atoms with E-state index >= 15 is 0 Å². The molecule has 2 heterocycles. The van der Waals surface area contributed by atoms with Crippen molar-refractivity contribution in [3.8, 4) is 0 Å². The van der Waals surface area contributed by atoms with E-state index in [0.717, 1.165) is 31.8 Å². The van der Waals surface area contributed by atoms with Crippen LogP contribution in [0.15, 0.2) is 22.8 Å². The van der Waals surface area contributed by atoms with Gasteiger partial charge < -0.3 is 14.9 Å². The fourth-order valence-electron chi connectivity index (χ4n) is 1.75. The highest BCUT2D eigenvalue weighted by Gasteiger charge is 2.20. The van der Waals surface area contributed by atoms with Crippen LogP contribution in [0.25, 0.3) is 0 Å². The Balaban J connectivity index is 1.87. The molecule has 3 heteroatoms.